The first kappa shape index (κ1) is 21.1. The van der Waals surface area contributed by atoms with E-state index < -0.39 is 11.6 Å². The summed E-state index contributed by atoms with van der Waals surface area (Å²) < 4.78 is 26.9. The smallest absolute Gasteiger partial charge is 0.279 e. The van der Waals surface area contributed by atoms with Crippen molar-refractivity contribution < 1.29 is 23.7 Å². The summed E-state index contributed by atoms with van der Waals surface area (Å²) >= 11 is 0. The molecule has 5 nitrogen and oxygen atoms in total. The number of hydrogen-bond donors (Lipinski definition) is 3. The third-order valence-electron chi connectivity index (χ3n) is 4.59. The predicted octanol–water partition coefficient (Wildman–Crippen LogP) is 3.48. The lowest BCUT2D eigenvalue weighted by atomic mass is 10.1. The Morgan fingerprint density at radius 3 is 2.37 bits per heavy atom. The first-order valence-corrected chi connectivity index (χ1v) is 9.47. The highest BCUT2D eigenvalue weighted by molar-refractivity contribution is 6.10. The molecule has 4 N–H and O–H groups in total. The predicted molar refractivity (Wildman–Crippen MR) is 111 cm³/mol. The Morgan fingerprint density at radius 1 is 0.933 bits per heavy atom. The zero-order valence-corrected chi connectivity index (χ0v) is 16.4. The topological polar surface area (TPSA) is 74.8 Å². The monoisotopic (exact) mass is 410 g/mol. The van der Waals surface area contributed by atoms with Gasteiger partial charge >= 0.3 is 0 Å². The van der Waals surface area contributed by atoms with E-state index in [0.29, 0.717) is 22.5 Å². The molecule has 3 aromatic rings. The molecule has 7 heteroatoms. The number of rotatable bonds is 7. The van der Waals surface area contributed by atoms with E-state index in [9.17, 15) is 18.4 Å². The molecule has 0 aliphatic rings. The molecule has 0 aliphatic carbocycles. The molecule has 0 aromatic heterocycles. The van der Waals surface area contributed by atoms with Crippen LogP contribution in [0.4, 0.5) is 20.2 Å². The minimum Gasteiger partial charge on any atom is -0.332 e. The van der Waals surface area contributed by atoms with Gasteiger partial charge < -0.3 is 16.0 Å². The van der Waals surface area contributed by atoms with Crippen LogP contribution < -0.4 is 16.0 Å². The number of carbonyl (C=O) groups excluding carboxylic acids is 2. The fraction of sp³-hybridized carbons (Fsp3) is 0.130. The highest BCUT2D eigenvalue weighted by atomic mass is 19.1. The number of hydrogen-bond acceptors (Lipinski definition) is 2. The average molecular weight is 410 g/mol. The number of nitrogens with one attached hydrogen (secondary N) is 2. The molecule has 0 heterocycles. The van der Waals surface area contributed by atoms with Gasteiger partial charge in [0.2, 0.25) is 0 Å². The second-order valence-corrected chi connectivity index (χ2v) is 6.81. The fourth-order valence-corrected chi connectivity index (χ4v) is 2.99. The van der Waals surface area contributed by atoms with Crippen molar-refractivity contribution in [1.82, 2.24) is 0 Å². The minimum absolute atomic E-state index is 0.00657. The van der Waals surface area contributed by atoms with Gasteiger partial charge in [0.05, 0.1) is 11.3 Å². The molecule has 3 rings (SSSR count). The number of amides is 2. The van der Waals surface area contributed by atoms with Crippen LogP contribution in [-0.2, 0) is 4.79 Å². The normalized spacial score (nSPS) is 11.6. The zero-order chi connectivity index (χ0) is 21.5. The van der Waals surface area contributed by atoms with E-state index in [0.717, 1.165) is 6.07 Å². The molecule has 0 radical (unpaired) electrons. The molecular weight excluding hydrogens is 388 g/mol. The highest BCUT2D eigenvalue weighted by Crippen LogP contribution is 2.18. The van der Waals surface area contributed by atoms with Crippen LogP contribution in [0.25, 0.3) is 0 Å². The van der Waals surface area contributed by atoms with Gasteiger partial charge in [-0.05, 0) is 43.3 Å². The summed E-state index contributed by atoms with van der Waals surface area (Å²) in [6.45, 7) is 1.73. The van der Waals surface area contributed by atoms with E-state index in [2.05, 4.69) is 10.6 Å². The number of nitrogens with two attached hydrogens (primary N) is 1. The van der Waals surface area contributed by atoms with Crippen molar-refractivity contribution in [3.63, 3.8) is 0 Å². The molecule has 0 unspecified atom stereocenters. The maximum atomic E-state index is 13.9. The van der Waals surface area contributed by atoms with Crippen molar-refractivity contribution in [2.45, 2.75) is 13.0 Å². The molecule has 0 spiro atoms. The van der Waals surface area contributed by atoms with Gasteiger partial charge in [0, 0.05) is 17.3 Å². The Morgan fingerprint density at radius 2 is 1.63 bits per heavy atom. The quantitative estimate of drug-likeness (QED) is 0.558. The summed E-state index contributed by atoms with van der Waals surface area (Å²) in [5.41, 5.74) is 1.66. The Labute approximate surface area is 173 Å². The van der Waals surface area contributed by atoms with Gasteiger partial charge in [-0.15, -0.1) is 0 Å². The maximum Gasteiger partial charge on any atom is 0.279 e. The molecule has 0 saturated carbocycles. The molecule has 0 saturated heterocycles. The van der Waals surface area contributed by atoms with Gasteiger partial charge in [0.25, 0.3) is 11.8 Å². The molecule has 30 heavy (non-hydrogen) atoms. The van der Waals surface area contributed by atoms with Crippen LogP contribution >= 0.6 is 0 Å². The molecule has 3 aromatic carbocycles. The van der Waals surface area contributed by atoms with Crippen LogP contribution in [0, 0.1) is 11.6 Å². The molecule has 154 valence electrons. The van der Waals surface area contributed by atoms with Crippen LogP contribution in [0.2, 0.25) is 0 Å². The van der Waals surface area contributed by atoms with Gasteiger partial charge in [-0.25, -0.2) is 8.78 Å². The Bertz CT molecular complexity index is 1040. The van der Waals surface area contributed by atoms with Crippen molar-refractivity contribution in [3.8, 4) is 0 Å². The van der Waals surface area contributed by atoms with Gasteiger partial charge in [-0.2, -0.15) is 0 Å². The number of halogens is 2. The summed E-state index contributed by atoms with van der Waals surface area (Å²) in [6, 6.07) is 18.7. The third kappa shape index (κ3) is 5.48. The van der Waals surface area contributed by atoms with E-state index in [1.165, 1.54) is 12.1 Å². The van der Waals surface area contributed by atoms with Gasteiger partial charge in [0.1, 0.15) is 17.7 Å². The first-order valence-electron chi connectivity index (χ1n) is 9.47. The van der Waals surface area contributed by atoms with E-state index >= 15 is 0 Å². The summed E-state index contributed by atoms with van der Waals surface area (Å²) in [6.07, 6.45) is 0. The molecule has 0 bridgehead atoms. The van der Waals surface area contributed by atoms with Crippen LogP contribution in [0.1, 0.15) is 28.9 Å². The zero-order valence-electron chi connectivity index (χ0n) is 16.4. The van der Waals surface area contributed by atoms with Crippen molar-refractivity contribution in [1.29, 1.82) is 0 Å². The third-order valence-corrected chi connectivity index (χ3v) is 4.59. The number of benzene rings is 3. The molecule has 0 fully saturated rings. The summed E-state index contributed by atoms with van der Waals surface area (Å²) in [5, 5.41) is 7.14. The van der Waals surface area contributed by atoms with Gasteiger partial charge in [0.15, 0.2) is 6.54 Å². The number of anilines is 2. The first-order chi connectivity index (χ1) is 14.4. The average Bonchev–Trinajstić information content (AvgIpc) is 2.73. The lowest BCUT2D eigenvalue weighted by Gasteiger charge is -2.14. The van der Waals surface area contributed by atoms with Crippen molar-refractivity contribution in [2.75, 3.05) is 17.2 Å². The molecule has 0 aliphatic heterocycles. The second kappa shape index (κ2) is 9.76. The van der Waals surface area contributed by atoms with Crippen LogP contribution in [-0.4, -0.2) is 18.4 Å². The number of quaternary nitrogens is 1. The molecule has 2 amide bonds. The summed E-state index contributed by atoms with van der Waals surface area (Å²) in [5.74, 6) is -1.99. The lowest BCUT2D eigenvalue weighted by Crippen LogP contribution is -2.86. The second-order valence-electron chi connectivity index (χ2n) is 6.81. The van der Waals surface area contributed by atoms with E-state index in [1.807, 2.05) is 18.2 Å². The SMILES string of the molecule is C[C@H]([NH2+]CC(=O)Nc1ccccc1C(=O)Nc1ccccc1)c1ccc(F)cc1F. The Kier molecular flexibility index (Phi) is 6.87. The summed E-state index contributed by atoms with van der Waals surface area (Å²) in [7, 11) is 0. The Balaban J connectivity index is 1.62. The maximum absolute atomic E-state index is 13.9. The Hall–Kier alpha value is -3.58. The van der Waals surface area contributed by atoms with Crippen LogP contribution in [0.3, 0.4) is 0 Å². The number of carbonyl (C=O) groups is 2. The molecular formula is C23H22F2N3O2+. The largest absolute Gasteiger partial charge is 0.332 e. The van der Waals surface area contributed by atoms with E-state index in [-0.39, 0.29) is 24.4 Å². The number of para-hydroxylation sites is 2. The van der Waals surface area contributed by atoms with Crippen molar-refractivity contribution in [3.05, 3.63) is 95.6 Å². The van der Waals surface area contributed by atoms with Gasteiger partial charge in [-0.1, -0.05) is 30.3 Å². The summed E-state index contributed by atoms with van der Waals surface area (Å²) in [4.78, 5) is 25.0. The van der Waals surface area contributed by atoms with Gasteiger partial charge in [-0.3, -0.25) is 9.59 Å². The van der Waals surface area contributed by atoms with Crippen molar-refractivity contribution in [2.24, 2.45) is 0 Å². The lowest BCUT2D eigenvalue weighted by molar-refractivity contribution is -0.682. The fourth-order valence-electron chi connectivity index (χ4n) is 2.99. The van der Waals surface area contributed by atoms with Crippen LogP contribution in [0.5, 0.6) is 0 Å². The molecule has 1 atom stereocenters. The minimum atomic E-state index is -0.651. The van der Waals surface area contributed by atoms with E-state index in [4.69, 9.17) is 0 Å². The van der Waals surface area contributed by atoms with E-state index in [1.54, 1.807) is 48.6 Å². The standard InChI is InChI=1S/C23H21F2N3O2/c1-15(18-12-11-16(24)13-20(18)25)26-14-22(29)28-21-10-6-5-9-19(21)23(30)27-17-7-3-2-4-8-17/h2-13,15,26H,14H2,1H3,(H,27,30)(H,28,29)/p+1/t15-/m0/s1. The van der Waals surface area contributed by atoms with Crippen LogP contribution in [0.15, 0.2) is 72.8 Å². The van der Waals surface area contributed by atoms with Crippen molar-refractivity contribution >= 4 is 23.2 Å². The highest BCUT2D eigenvalue weighted by Gasteiger charge is 2.18.